The van der Waals surface area contributed by atoms with E-state index < -0.39 is 27.7 Å². The maximum atomic E-state index is 15.1. The van der Waals surface area contributed by atoms with Crippen molar-refractivity contribution in [3.05, 3.63) is 65.2 Å². The van der Waals surface area contributed by atoms with Gasteiger partial charge in [0.1, 0.15) is 11.5 Å². The average molecular weight is 475 g/mol. The molecular weight excluding hydrogens is 451 g/mol. The monoisotopic (exact) mass is 474 g/mol. The van der Waals surface area contributed by atoms with Crippen molar-refractivity contribution in [3.63, 3.8) is 0 Å². The van der Waals surface area contributed by atoms with Crippen LogP contribution >= 0.6 is 0 Å². The van der Waals surface area contributed by atoms with Crippen molar-refractivity contribution >= 4 is 21.8 Å². The van der Waals surface area contributed by atoms with E-state index >= 15 is 4.39 Å². The number of nitrogens with two attached hydrogens (primary N) is 1. The molecule has 2 amide bonds. The van der Waals surface area contributed by atoms with Crippen LogP contribution in [0.2, 0.25) is 0 Å². The average Bonchev–Trinajstić information content (AvgIpc) is 3.12. The summed E-state index contributed by atoms with van der Waals surface area (Å²) in [6.07, 6.45) is 0.433. The summed E-state index contributed by atoms with van der Waals surface area (Å²) in [6, 6.07) is 10.3. The van der Waals surface area contributed by atoms with Gasteiger partial charge in [0.15, 0.2) is 0 Å². The molecule has 0 aliphatic carbocycles. The number of rotatable bonds is 8. The summed E-state index contributed by atoms with van der Waals surface area (Å²) in [7, 11) is -2.75. The van der Waals surface area contributed by atoms with Gasteiger partial charge in [0.25, 0.3) is 21.9 Å². The summed E-state index contributed by atoms with van der Waals surface area (Å²) in [6.45, 7) is 2.82. The minimum atomic E-state index is -4.14. The summed E-state index contributed by atoms with van der Waals surface area (Å²) >= 11 is 0. The Morgan fingerprint density at radius 3 is 2.48 bits per heavy atom. The molecular formula is C22H23FN4O5S. The zero-order valence-electron chi connectivity index (χ0n) is 18.3. The van der Waals surface area contributed by atoms with Crippen molar-refractivity contribution in [1.82, 2.24) is 14.3 Å². The smallest absolute Gasteiger partial charge is 0.297 e. The van der Waals surface area contributed by atoms with Crippen molar-refractivity contribution in [3.8, 4) is 17.1 Å². The fourth-order valence-corrected chi connectivity index (χ4v) is 4.72. The predicted molar refractivity (Wildman–Crippen MR) is 119 cm³/mol. The molecule has 0 spiro atoms. The van der Waals surface area contributed by atoms with Gasteiger partial charge in [-0.15, -0.1) is 0 Å². The van der Waals surface area contributed by atoms with E-state index in [1.54, 1.807) is 19.1 Å². The molecule has 0 unspecified atom stereocenters. The number of benzene rings is 2. The SMILES string of the molecule is CCc1nc(OC)n(Cc2ccc(-c3ccccc3S(=O)(=O)NC(C)=O)cc2F)c1C(N)=O. The molecule has 3 rings (SSSR count). The lowest BCUT2D eigenvalue weighted by atomic mass is 10.0. The molecule has 9 nitrogen and oxygen atoms in total. The van der Waals surface area contributed by atoms with Gasteiger partial charge in [-0.1, -0.05) is 37.3 Å². The molecule has 11 heteroatoms. The lowest BCUT2D eigenvalue weighted by Gasteiger charge is -2.13. The highest BCUT2D eigenvalue weighted by Gasteiger charge is 2.23. The third-order valence-corrected chi connectivity index (χ3v) is 6.39. The number of methoxy groups -OCH3 is 1. The van der Waals surface area contributed by atoms with E-state index in [1.807, 2.05) is 4.72 Å². The van der Waals surface area contributed by atoms with Crippen molar-refractivity contribution in [2.75, 3.05) is 7.11 Å². The Hall–Kier alpha value is -3.73. The Bertz CT molecular complexity index is 1330. The van der Waals surface area contributed by atoms with Gasteiger partial charge in [-0.3, -0.25) is 14.2 Å². The maximum absolute atomic E-state index is 15.1. The van der Waals surface area contributed by atoms with Crippen molar-refractivity contribution in [2.24, 2.45) is 5.73 Å². The first-order valence-corrected chi connectivity index (χ1v) is 11.4. The molecule has 1 heterocycles. The fraction of sp³-hybridized carbons (Fsp3) is 0.227. The van der Waals surface area contributed by atoms with E-state index in [1.165, 1.54) is 42.0 Å². The second-order valence-corrected chi connectivity index (χ2v) is 8.81. The van der Waals surface area contributed by atoms with Gasteiger partial charge in [0.05, 0.1) is 24.2 Å². The highest BCUT2D eigenvalue weighted by molar-refractivity contribution is 7.90. The Morgan fingerprint density at radius 2 is 1.91 bits per heavy atom. The molecule has 3 aromatic rings. The largest absolute Gasteiger partial charge is 0.468 e. The van der Waals surface area contributed by atoms with E-state index in [2.05, 4.69) is 4.98 Å². The van der Waals surface area contributed by atoms with E-state index in [9.17, 15) is 18.0 Å². The molecule has 0 aliphatic heterocycles. The zero-order valence-corrected chi connectivity index (χ0v) is 19.1. The lowest BCUT2D eigenvalue weighted by molar-refractivity contribution is -0.117. The van der Waals surface area contributed by atoms with Gasteiger partial charge in [-0.2, -0.15) is 4.98 Å². The Balaban J connectivity index is 2.04. The van der Waals surface area contributed by atoms with Crippen LogP contribution in [-0.4, -0.2) is 36.9 Å². The van der Waals surface area contributed by atoms with Crippen LogP contribution in [0.15, 0.2) is 47.4 Å². The molecule has 0 bridgehead atoms. The normalized spacial score (nSPS) is 11.3. The summed E-state index contributed by atoms with van der Waals surface area (Å²) in [5, 5.41) is 0. The molecule has 3 N–H and O–H groups in total. The lowest BCUT2D eigenvalue weighted by Crippen LogP contribution is -2.28. The van der Waals surface area contributed by atoms with Crippen LogP contribution < -0.4 is 15.2 Å². The number of aromatic nitrogens is 2. The number of sulfonamides is 1. The topological polar surface area (TPSA) is 133 Å². The van der Waals surface area contributed by atoms with Crippen LogP contribution in [0.5, 0.6) is 6.01 Å². The van der Waals surface area contributed by atoms with Crippen molar-refractivity contribution in [1.29, 1.82) is 0 Å². The zero-order chi connectivity index (χ0) is 24.3. The molecule has 1 aromatic heterocycles. The summed E-state index contributed by atoms with van der Waals surface area (Å²) in [4.78, 5) is 27.4. The minimum Gasteiger partial charge on any atom is -0.468 e. The summed E-state index contributed by atoms with van der Waals surface area (Å²) in [5.74, 6) is -2.09. The first-order chi connectivity index (χ1) is 15.6. The van der Waals surface area contributed by atoms with Crippen molar-refractivity contribution < 1.29 is 27.1 Å². The number of ether oxygens (including phenoxy) is 1. The molecule has 0 saturated heterocycles. The molecule has 33 heavy (non-hydrogen) atoms. The standard InChI is InChI=1S/C22H23FN4O5S/c1-4-18-20(21(24)29)27(22(25-18)32-3)12-15-10-9-14(11-17(15)23)16-7-5-6-8-19(16)33(30,31)26-13(2)28/h5-11H,4,12H2,1-3H3,(H2,24,29)(H,26,28). The third-order valence-electron chi connectivity index (χ3n) is 4.90. The predicted octanol–water partition coefficient (Wildman–Crippen LogP) is 2.23. The maximum Gasteiger partial charge on any atom is 0.297 e. The second kappa shape index (κ2) is 9.41. The molecule has 0 atom stereocenters. The number of hydrogen-bond donors (Lipinski definition) is 2. The first kappa shape index (κ1) is 23.9. The van der Waals surface area contributed by atoms with E-state index in [4.69, 9.17) is 10.5 Å². The molecule has 2 aromatic carbocycles. The van der Waals surface area contributed by atoms with E-state index in [0.29, 0.717) is 17.7 Å². The molecule has 0 fully saturated rings. The van der Waals surface area contributed by atoms with Gasteiger partial charge in [0.2, 0.25) is 5.91 Å². The van der Waals surface area contributed by atoms with Gasteiger partial charge >= 0.3 is 0 Å². The Kier molecular flexibility index (Phi) is 6.82. The number of amides is 2. The van der Waals surface area contributed by atoms with Crippen LogP contribution in [0.25, 0.3) is 11.1 Å². The molecule has 0 aliphatic rings. The Labute approximate surface area is 190 Å². The Morgan fingerprint density at radius 1 is 1.21 bits per heavy atom. The number of aryl methyl sites for hydroxylation is 1. The number of primary amides is 1. The number of hydrogen-bond acceptors (Lipinski definition) is 6. The van der Waals surface area contributed by atoms with Crippen LogP contribution in [0, 0.1) is 5.82 Å². The van der Waals surface area contributed by atoms with Gasteiger partial charge in [-0.05, 0) is 24.1 Å². The number of imidazole rings is 1. The molecule has 0 saturated carbocycles. The van der Waals surface area contributed by atoms with Gasteiger partial charge in [-0.25, -0.2) is 17.5 Å². The summed E-state index contributed by atoms with van der Waals surface area (Å²) in [5.41, 5.74) is 6.80. The highest BCUT2D eigenvalue weighted by Crippen LogP contribution is 2.29. The van der Waals surface area contributed by atoms with E-state index in [0.717, 1.165) is 6.92 Å². The van der Waals surface area contributed by atoms with Crippen LogP contribution in [0.1, 0.15) is 35.6 Å². The van der Waals surface area contributed by atoms with Crippen LogP contribution in [-0.2, 0) is 27.8 Å². The first-order valence-electron chi connectivity index (χ1n) is 9.93. The molecule has 174 valence electrons. The highest BCUT2D eigenvalue weighted by atomic mass is 32.2. The quantitative estimate of drug-likeness (QED) is 0.514. The van der Waals surface area contributed by atoms with Crippen LogP contribution in [0.4, 0.5) is 4.39 Å². The van der Waals surface area contributed by atoms with Crippen LogP contribution in [0.3, 0.4) is 0 Å². The van der Waals surface area contributed by atoms with Gasteiger partial charge < -0.3 is 10.5 Å². The summed E-state index contributed by atoms with van der Waals surface area (Å²) < 4.78 is 48.7. The van der Waals surface area contributed by atoms with Gasteiger partial charge in [0, 0.05) is 18.1 Å². The number of carbonyl (C=O) groups excluding carboxylic acids is 2. The minimum absolute atomic E-state index is 0.0770. The third kappa shape index (κ3) is 4.87. The molecule has 0 radical (unpaired) electrons. The number of nitrogens with zero attached hydrogens (tertiary/aromatic N) is 2. The number of halogens is 1. The fourth-order valence-electron chi connectivity index (χ4n) is 3.50. The number of carbonyl (C=O) groups is 2. The van der Waals surface area contributed by atoms with Crippen molar-refractivity contribution in [2.45, 2.75) is 31.7 Å². The number of nitrogens with one attached hydrogen (secondary N) is 1. The van der Waals surface area contributed by atoms with E-state index in [-0.39, 0.29) is 34.3 Å². The second-order valence-electron chi connectivity index (χ2n) is 7.16.